The summed E-state index contributed by atoms with van der Waals surface area (Å²) in [5.41, 5.74) is 3.97. The molecule has 0 aliphatic heterocycles. The summed E-state index contributed by atoms with van der Waals surface area (Å²) < 4.78 is 0. The molecule has 0 atom stereocenters. The van der Waals surface area contributed by atoms with Gasteiger partial charge in [-0.1, -0.05) is 12.1 Å². The molecule has 0 spiro atoms. The zero-order valence-corrected chi connectivity index (χ0v) is 18.3. The predicted octanol–water partition coefficient (Wildman–Crippen LogP) is 4.64. The fraction of sp³-hybridized carbons (Fsp3) is 0.417. The molecule has 5 nitrogen and oxygen atoms in total. The average Bonchev–Trinajstić information content (AvgIpc) is 2.70. The molecule has 0 bridgehead atoms. The Morgan fingerprint density at radius 2 is 1.41 bits per heavy atom. The van der Waals surface area contributed by atoms with Crippen LogP contribution >= 0.6 is 0 Å². The van der Waals surface area contributed by atoms with Crippen molar-refractivity contribution in [2.75, 3.05) is 40.9 Å². The summed E-state index contributed by atoms with van der Waals surface area (Å²) in [4.78, 5) is 30.8. The third-order valence-corrected chi connectivity index (χ3v) is 5.15. The van der Waals surface area contributed by atoms with Crippen LogP contribution in [0.2, 0.25) is 0 Å². The number of hydrogen-bond donors (Lipinski definition) is 0. The van der Waals surface area contributed by atoms with Crippen molar-refractivity contribution >= 4 is 28.9 Å². The van der Waals surface area contributed by atoms with Crippen molar-refractivity contribution in [2.24, 2.45) is 0 Å². The van der Waals surface area contributed by atoms with Crippen molar-refractivity contribution in [3.63, 3.8) is 0 Å². The van der Waals surface area contributed by atoms with Gasteiger partial charge in [-0.15, -0.1) is 0 Å². The molecule has 0 unspecified atom stereocenters. The lowest BCUT2D eigenvalue weighted by Crippen LogP contribution is -2.36. The fourth-order valence-electron chi connectivity index (χ4n) is 3.54. The Hall–Kier alpha value is -2.82. The topological polar surface area (TPSA) is 43.9 Å². The number of hydrogen-bond acceptors (Lipinski definition) is 3. The average molecular weight is 396 g/mol. The highest BCUT2D eigenvalue weighted by Crippen LogP contribution is 2.22. The monoisotopic (exact) mass is 395 g/mol. The van der Waals surface area contributed by atoms with E-state index in [-0.39, 0.29) is 18.2 Å². The molecular formula is C24H33N3O2. The quantitative estimate of drug-likeness (QED) is 0.621. The number of carbonyl (C=O) groups is 2. The largest absolute Gasteiger partial charge is 0.372 e. The van der Waals surface area contributed by atoms with Gasteiger partial charge in [0.2, 0.25) is 11.8 Å². The summed E-state index contributed by atoms with van der Waals surface area (Å²) >= 11 is 0. The molecule has 0 aliphatic carbocycles. The zero-order chi connectivity index (χ0) is 21.4. The second-order valence-corrected chi connectivity index (χ2v) is 7.09. The van der Waals surface area contributed by atoms with Crippen molar-refractivity contribution in [3.8, 4) is 0 Å². The van der Waals surface area contributed by atoms with Gasteiger partial charge in [0.15, 0.2) is 0 Å². The van der Waals surface area contributed by atoms with Crippen LogP contribution in [-0.4, -0.2) is 38.0 Å². The second-order valence-electron chi connectivity index (χ2n) is 7.09. The Labute approximate surface area is 174 Å². The lowest BCUT2D eigenvalue weighted by molar-refractivity contribution is -0.118. The molecule has 2 aromatic rings. The normalized spacial score (nSPS) is 10.5. The highest BCUT2D eigenvalue weighted by molar-refractivity contribution is 5.96. The highest BCUT2D eigenvalue weighted by atomic mass is 16.2. The van der Waals surface area contributed by atoms with Gasteiger partial charge in [-0.3, -0.25) is 9.59 Å². The summed E-state index contributed by atoms with van der Waals surface area (Å²) in [6.07, 6.45) is 0.277. The molecule has 0 saturated heterocycles. The summed E-state index contributed by atoms with van der Waals surface area (Å²) in [6, 6.07) is 15.9. The predicted molar refractivity (Wildman–Crippen MR) is 122 cm³/mol. The van der Waals surface area contributed by atoms with Crippen LogP contribution in [0.1, 0.15) is 39.7 Å². The number of rotatable bonds is 9. The molecule has 0 aliphatic rings. The van der Waals surface area contributed by atoms with Crippen LogP contribution in [0.4, 0.5) is 17.1 Å². The molecule has 5 heteroatoms. The second kappa shape index (κ2) is 10.6. The Morgan fingerprint density at radius 1 is 0.793 bits per heavy atom. The molecule has 0 heterocycles. The Morgan fingerprint density at radius 3 is 1.93 bits per heavy atom. The first-order chi connectivity index (χ1) is 13.9. The van der Waals surface area contributed by atoms with E-state index in [1.807, 2.05) is 62.4 Å². The summed E-state index contributed by atoms with van der Waals surface area (Å²) in [7, 11) is 0. The van der Waals surface area contributed by atoms with E-state index in [0.29, 0.717) is 13.1 Å². The first kappa shape index (κ1) is 22.5. The molecule has 29 heavy (non-hydrogen) atoms. The van der Waals surface area contributed by atoms with Gasteiger partial charge in [0.05, 0.1) is 0 Å². The van der Waals surface area contributed by atoms with Crippen LogP contribution in [0, 0.1) is 6.92 Å². The smallest absolute Gasteiger partial charge is 0.228 e. The van der Waals surface area contributed by atoms with E-state index in [0.717, 1.165) is 35.7 Å². The van der Waals surface area contributed by atoms with Gasteiger partial charge < -0.3 is 14.7 Å². The Bertz CT molecular complexity index is 813. The van der Waals surface area contributed by atoms with Crippen molar-refractivity contribution < 1.29 is 9.59 Å². The van der Waals surface area contributed by atoms with Gasteiger partial charge in [-0.25, -0.2) is 0 Å². The number of benzene rings is 2. The molecule has 156 valence electrons. The molecule has 2 aromatic carbocycles. The number of anilines is 3. The molecule has 0 saturated carbocycles. The Balaban J connectivity index is 2.10. The van der Waals surface area contributed by atoms with Gasteiger partial charge in [-0.05, 0) is 69.7 Å². The zero-order valence-electron chi connectivity index (χ0n) is 18.3. The van der Waals surface area contributed by atoms with E-state index in [4.69, 9.17) is 0 Å². The highest BCUT2D eigenvalue weighted by Gasteiger charge is 2.18. The van der Waals surface area contributed by atoms with Gasteiger partial charge in [0, 0.05) is 56.6 Å². The molecule has 0 aromatic heterocycles. The van der Waals surface area contributed by atoms with Crippen molar-refractivity contribution in [1.82, 2.24) is 0 Å². The van der Waals surface area contributed by atoms with Crippen LogP contribution in [-0.2, 0) is 9.59 Å². The van der Waals surface area contributed by atoms with Crippen LogP contribution in [0.5, 0.6) is 0 Å². The van der Waals surface area contributed by atoms with E-state index in [2.05, 4.69) is 18.7 Å². The van der Waals surface area contributed by atoms with Gasteiger partial charge in [-0.2, -0.15) is 0 Å². The third kappa shape index (κ3) is 5.83. The molecule has 2 rings (SSSR count). The van der Waals surface area contributed by atoms with Crippen LogP contribution in [0.3, 0.4) is 0 Å². The lowest BCUT2D eigenvalue weighted by Gasteiger charge is -2.26. The van der Waals surface area contributed by atoms with Crippen molar-refractivity contribution in [3.05, 3.63) is 54.1 Å². The standard InChI is InChI=1S/C24H33N3O2/c1-6-25(7-2)21-12-14-22(15-13-21)27(20(5)28)17-16-24(29)26(8-3)23-11-9-10-19(4)18-23/h9-15,18H,6-8,16-17H2,1-5H3. The van der Waals surface area contributed by atoms with Gasteiger partial charge in [0.25, 0.3) is 0 Å². The minimum atomic E-state index is -0.0630. The summed E-state index contributed by atoms with van der Waals surface area (Å²) in [5.74, 6) is -0.0453. The SMILES string of the molecule is CCN(CC)c1ccc(N(CCC(=O)N(CC)c2cccc(C)c2)C(C)=O)cc1. The molecule has 2 amide bonds. The molecule has 0 N–H and O–H groups in total. The molecular weight excluding hydrogens is 362 g/mol. The van der Waals surface area contributed by atoms with E-state index in [9.17, 15) is 9.59 Å². The maximum Gasteiger partial charge on any atom is 0.228 e. The number of amides is 2. The van der Waals surface area contributed by atoms with Crippen LogP contribution in [0.15, 0.2) is 48.5 Å². The summed E-state index contributed by atoms with van der Waals surface area (Å²) in [5, 5.41) is 0. The van der Waals surface area contributed by atoms with Crippen LogP contribution < -0.4 is 14.7 Å². The molecule has 0 fully saturated rings. The van der Waals surface area contributed by atoms with Gasteiger partial charge >= 0.3 is 0 Å². The lowest BCUT2D eigenvalue weighted by atomic mass is 10.2. The van der Waals surface area contributed by atoms with E-state index in [1.165, 1.54) is 0 Å². The Kier molecular flexibility index (Phi) is 8.25. The van der Waals surface area contributed by atoms with Gasteiger partial charge in [0.1, 0.15) is 0 Å². The van der Waals surface area contributed by atoms with E-state index in [1.54, 1.807) is 16.7 Å². The number of carbonyl (C=O) groups excluding carboxylic acids is 2. The van der Waals surface area contributed by atoms with Crippen molar-refractivity contribution in [1.29, 1.82) is 0 Å². The first-order valence-corrected chi connectivity index (χ1v) is 10.4. The van der Waals surface area contributed by atoms with Crippen LogP contribution in [0.25, 0.3) is 0 Å². The van der Waals surface area contributed by atoms with Crippen molar-refractivity contribution in [2.45, 2.75) is 41.0 Å². The first-order valence-electron chi connectivity index (χ1n) is 10.4. The minimum Gasteiger partial charge on any atom is -0.372 e. The summed E-state index contributed by atoms with van der Waals surface area (Å²) in [6.45, 7) is 12.6. The third-order valence-electron chi connectivity index (χ3n) is 5.15. The van der Waals surface area contributed by atoms with E-state index < -0.39 is 0 Å². The minimum absolute atomic E-state index is 0.0177. The van der Waals surface area contributed by atoms with E-state index >= 15 is 0 Å². The maximum atomic E-state index is 12.8. The fourth-order valence-corrected chi connectivity index (χ4v) is 3.54. The maximum absolute atomic E-state index is 12.8. The number of nitrogens with zero attached hydrogens (tertiary/aromatic N) is 3. The number of aryl methyl sites for hydroxylation is 1. The molecule has 0 radical (unpaired) electrons.